The number of hydrogen-bond donors (Lipinski definition) is 6. The first kappa shape index (κ1) is 28.1. The van der Waals surface area contributed by atoms with Gasteiger partial charge >= 0.3 is 29.8 Å². The van der Waals surface area contributed by atoms with E-state index in [9.17, 15) is 34.2 Å². The molecule has 0 atom stereocenters. The monoisotopic (exact) mass is 490 g/mol. The molecule has 0 saturated carbocycles. The van der Waals surface area contributed by atoms with Crippen LogP contribution in [-0.4, -0.2) is 139 Å². The van der Waals surface area contributed by atoms with Crippen molar-refractivity contribution >= 4 is 29.8 Å². The summed E-state index contributed by atoms with van der Waals surface area (Å²) in [5.74, 6) is -7.23. The Hall–Kier alpha value is -3.89. The Morgan fingerprint density at radius 1 is 0.618 bits per heavy atom. The number of aliphatic carboxylic acids is 4. The maximum Gasteiger partial charge on any atom is 0.347 e. The fraction of sp³-hybridized carbons (Fsp3) is 0.500. The standard InChI is InChI=1S/C18H26N4O12/c23-12-1-2-13(24)22(12)34-18(33)11-19(3-5-20(7-14(25)26)8-15(27)28)4-6-21(9-16(29)30)10-17(31)32/h1-2,23-24H,3-11H2,(H,25,26)(H,27,28)(H,29,30)(H,31,32). The van der Waals surface area contributed by atoms with Crippen LogP contribution >= 0.6 is 0 Å². The number of rotatable bonds is 17. The zero-order valence-corrected chi connectivity index (χ0v) is 17.9. The highest BCUT2D eigenvalue weighted by atomic mass is 16.7. The third-order valence-electron chi connectivity index (χ3n) is 4.24. The maximum absolute atomic E-state index is 12.3. The van der Waals surface area contributed by atoms with Gasteiger partial charge in [-0.2, -0.15) is 0 Å². The Balaban J connectivity index is 2.91. The molecule has 0 amide bonds. The van der Waals surface area contributed by atoms with E-state index in [0.29, 0.717) is 4.73 Å². The first-order valence-electron chi connectivity index (χ1n) is 9.72. The van der Waals surface area contributed by atoms with Gasteiger partial charge in [0.1, 0.15) is 0 Å². The summed E-state index contributed by atoms with van der Waals surface area (Å²) in [5, 5.41) is 55.0. The normalized spacial score (nSPS) is 11.1. The van der Waals surface area contributed by atoms with Gasteiger partial charge in [-0.05, 0) is 0 Å². The Kier molecular flexibility index (Phi) is 11.3. The number of aromatic nitrogens is 1. The SMILES string of the molecule is O=C(O)CN(CCN(CCN(CC(=O)O)CC(=O)O)CC(=O)On1c(O)ccc1O)CC(=O)O. The minimum absolute atomic E-state index is 0.0761. The first-order valence-corrected chi connectivity index (χ1v) is 9.72. The van der Waals surface area contributed by atoms with E-state index in [1.807, 2.05) is 0 Å². The number of carbonyl (C=O) groups is 5. The topological polar surface area (TPSA) is 231 Å². The average molecular weight is 490 g/mol. The molecule has 0 aromatic carbocycles. The van der Waals surface area contributed by atoms with Crippen LogP contribution < -0.4 is 4.84 Å². The molecule has 1 rings (SSSR count). The van der Waals surface area contributed by atoms with Crippen molar-refractivity contribution in [3.63, 3.8) is 0 Å². The Bertz CT molecular complexity index is 795. The highest BCUT2D eigenvalue weighted by molar-refractivity contribution is 5.73. The van der Waals surface area contributed by atoms with Crippen molar-refractivity contribution in [1.82, 2.24) is 19.4 Å². The third kappa shape index (κ3) is 11.1. The van der Waals surface area contributed by atoms with Crippen molar-refractivity contribution in [2.24, 2.45) is 0 Å². The molecule has 0 unspecified atom stereocenters. The fourth-order valence-corrected chi connectivity index (χ4v) is 2.84. The quantitative estimate of drug-likeness (QED) is 0.129. The molecule has 190 valence electrons. The summed E-state index contributed by atoms with van der Waals surface area (Å²) in [7, 11) is 0. The van der Waals surface area contributed by atoms with Crippen LogP contribution in [0.15, 0.2) is 12.1 Å². The summed E-state index contributed by atoms with van der Waals surface area (Å²) in [5.41, 5.74) is 0. The van der Waals surface area contributed by atoms with Crippen molar-refractivity contribution in [3.05, 3.63) is 12.1 Å². The van der Waals surface area contributed by atoms with E-state index in [1.54, 1.807) is 0 Å². The number of hydrogen-bond acceptors (Lipinski definition) is 11. The van der Waals surface area contributed by atoms with Crippen molar-refractivity contribution < 1.29 is 59.4 Å². The van der Waals surface area contributed by atoms with Gasteiger partial charge in [0.15, 0.2) is 0 Å². The molecule has 34 heavy (non-hydrogen) atoms. The second-order valence-electron chi connectivity index (χ2n) is 7.08. The summed E-state index contributed by atoms with van der Waals surface area (Å²) >= 11 is 0. The molecule has 0 saturated heterocycles. The van der Waals surface area contributed by atoms with Gasteiger partial charge in [-0.15, -0.1) is 4.73 Å². The number of aromatic hydroxyl groups is 2. The lowest BCUT2D eigenvalue weighted by atomic mass is 10.3. The molecule has 6 N–H and O–H groups in total. The highest BCUT2D eigenvalue weighted by Crippen LogP contribution is 2.18. The van der Waals surface area contributed by atoms with E-state index in [2.05, 4.69) is 0 Å². The molecule has 16 nitrogen and oxygen atoms in total. The molecule has 0 aliphatic heterocycles. The third-order valence-corrected chi connectivity index (χ3v) is 4.24. The van der Waals surface area contributed by atoms with Crippen molar-refractivity contribution in [2.75, 3.05) is 58.9 Å². The average Bonchev–Trinajstić information content (AvgIpc) is 2.99. The minimum atomic E-state index is -1.28. The van der Waals surface area contributed by atoms with Crippen LogP contribution in [0.4, 0.5) is 0 Å². The van der Waals surface area contributed by atoms with Gasteiger partial charge < -0.3 is 35.5 Å². The molecule has 0 aliphatic rings. The van der Waals surface area contributed by atoms with E-state index >= 15 is 0 Å². The van der Waals surface area contributed by atoms with E-state index in [4.69, 9.17) is 25.3 Å². The molecule has 0 radical (unpaired) electrons. The van der Waals surface area contributed by atoms with Crippen molar-refractivity contribution in [3.8, 4) is 11.8 Å². The summed E-state index contributed by atoms with van der Waals surface area (Å²) in [4.78, 5) is 64.6. The van der Waals surface area contributed by atoms with Crippen molar-refractivity contribution in [1.29, 1.82) is 0 Å². The zero-order chi connectivity index (χ0) is 25.8. The van der Waals surface area contributed by atoms with Gasteiger partial charge in [-0.25, -0.2) is 4.79 Å². The molecular formula is C18H26N4O12. The van der Waals surface area contributed by atoms with Gasteiger partial charge in [0, 0.05) is 38.3 Å². The molecule has 1 aromatic heterocycles. The van der Waals surface area contributed by atoms with Crippen LogP contribution in [-0.2, 0) is 24.0 Å². The summed E-state index contributed by atoms with van der Waals surface area (Å²) < 4.78 is 0.447. The maximum atomic E-state index is 12.3. The van der Waals surface area contributed by atoms with Crippen LogP contribution in [0.1, 0.15) is 0 Å². The van der Waals surface area contributed by atoms with Crippen LogP contribution in [0, 0.1) is 0 Å². The van der Waals surface area contributed by atoms with Gasteiger partial charge in [0.2, 0.25) is 11.8 Å². The predicted molar refractivity (Wildman–Crippen MR) is 109 cm³/mol. The molecule has 1 aromatic rings. The van der Waals surface area contributed by atoms with Gasteiger partial charge in [-0.1, -0.05) is 0 Å². The van der Waals surface area contributed by atoms with Gasteiger partial charge in [-0.3, -0.25) is 33.9 Å². The number of nitrogens with zero attached hydrogens (tertiary/aromatic N) is 4. The number of carboxylic acids is 4. The van der Waals surface area contributed by atoms with Gasteiger partial charge in [0.05, 0.1) is 32.7 Å². The molecule has 1 heterocycles. The first-order chi connectivity index (χ1) is 15.9. The molecule has 0 spiro atoms. The van der Waals surface area contributed by atoms with Crippen LogP contribution in [0.3, 0.4) is 0 Å². The lowest BCUT2D eigenvalue weighted by Gasteiger charge is -2.27. The molecule has 0 bridgehead atoms. The highest BCUT2D eigenvalue weighted by Gasteiger charge is 2.21. The molecule has 0 fully saturated rings. The second-order valence-corrected chi connectivity index (χ2v) is 7.08. The van der Waals surface area contributed by atoms with Crippen LogP contribution in [0.25, 0.3) is 0 Å². The lowest BCUT2D eigenvalue weighted by Crippen LogP contribution is -2.46. The summed E-state index contributed by atoms with van der Waals surface area (Å²) in [6.45, 7) is -3.29. The number of carboxylic acid groups (broad SMARTS) is 4. The van der Waals surface area contributed by atoms with E-state index in [0.717, 1.165) is 21.9 Å². The Labute approximate surface area is 192 Å². The molecule has 16 heteroatoms. The largest absolute Gasteiger partial charge is 0.492 e. The molecule has 0 aliphatic carbocycles. The number of carbonyl (C=O) groups excluding carboxylic acids is 1. The smallest absolute Gasteiger partial charge is 0.347 e. The minimum Gasteiger partial charge on any atom is -0.492 e. The zero-order valence-electron chi connectivity index (χ0n) is 17.9. The Morgan fingerprint density at radius 3 is 1.26 bits per heavy atom. The van der Waals surface area contributed by atoms with Gasteiger partial charge in [0.25, 0.3) is 0 Å². The Morgan fingerprint density at radius 2 is 0.941 bits per heavy atom. The second kappa shape index (κ2) is 13.6. The molecular weight excluding hydrogens is 464 g/mol. The summed E-state index contributed by atoms with van der Waals surface area (Å²) in [6.07, 6.45) is 0. The van der Waals surface area contributed by atoms with E-state index in [-0.39, 0.29) is 26.2 Å². The van der Waals surface area contributed by atoms with Crippen LogP contribution in [0.5, 0.6) is 11.8 Å². The lowest BCUT2D eigenvalue weighted by molar-refractivity contribution is -0.148. The van der Waals surface area contributed by atoms with Crippen LogP contribution in [0.2, 0.25) is 0 Å². The summed E-state index contributed by atoms with van der Waals surface area (Å²) in [6, 6.07) is 2.12. The fourth-order valence-electron chi connectivity index (χ4n) is 2.84. The van der Waals surface area contributed by atoms with Crippen molar-refractivity contribution in [2.45, 2.75) is 0 Å². The van der Waals surface area contributed by atoms with E-state index in [1.165, 1.54) is 4.90 Å². The van der Waals surface area contributed by atoms with E-state index < -0.39 is 74.3 Å². The predicted octanol–water partition coefficient (Wildman–Crippen LogP) is -2.90.